The summed E-state index contributed by atoms with van der Waals surface area (Å²) in [5.74, 6) is -0.318. The molecule has 2 aromatic rings. The molecule has 4 heteroatoms. The van der Waals surface area contributed by atoms with Crippen molar-refractivity contribution in [1.29, 1.82) is 0 Å². The summed E-state index contributed by atoms with van der Waals surface area (Å²) in [6.07, 6.45) is 0.328. The van der Waals surface area contributed by atoms with Gasteiger partial charge in [0.2, 0.25) is 0 Å². The highest BCUT2D eigenvalue weighted by Crippen LogP contribution is 2.17. The number of rotatable bonds is 3. The Morgan fingerprint density at radius 1 is 1.17 bits per heavy atom. The van der Waals surface area contributed by atoms with E-state index in [1.54, 1.807) is 0 Å². The molecule has 0 heterocycles. The maximum Gasteiger partial charge on any atom is 0.168 e. The molecule has 0 aliphatic heterocycles. The van der Waals surface area contributed by atoms with Gasteiger partial charge in [-0.25, -0.2) is 4.39 Å². The Morgan fingerprint density at radius 2 is 1.83 bits per heavy atom. The van der Waals surface area contributed by atoms with E-state index in [-0.39, 0.29) is 11.6 Å². The van der Waals surface area contributed by atoms with E-state index in [0.29, 0.717) is 15.6 Å². The number of benzene rings is 2. The molecular weight excluding hydrogens is 410 g/mol. The minimum atomic E-state index is -0.320. The maximum absolute atomic E-state index is 13.0. The number of halogens is 3. The second kappa shape index (κ2) is 5.93. The van der Waals surface area contributed by atoms with Gasteiger partial charge in [0, 0.05) is 20.0 Å². The van der Waals surface area contributed by atoms with Crippen LogP contribution in [0.3, 0.4) is 0 Å². The van der Waals surface area contributed by atoms with Crippen LogP contribution in [0.25, 0.3) is 0 Å². The molecule has 0 amide bonds. The zero-order valence-corrected chi connectivity index (χ0v) is 13.0. The molecule has 0 N–H and O–H groups in total. The maximum atomic E-state index is 13.0. The van der Waals surface area contributed by atoms with Crippen LogP contribution >= 0.6 is 38.5 Å². The highest BCUT2D eigenvalue weighted by molar-refractivity contribution is 14.1. The number of carbonyl (C=O) groups is 1. The van der Waals surface area contributed by atoms with Gasteiger partial charge in [0.05, 0.1) is 0 Å². The van der Waals surface area contributed by atoms with Crippen molar-refractivity contribution in [2.24, 2.45) is 0 Å². The molecule has 0 saturated heterocycles. The normalized spacial score (nSPS) is 10.4. The summed E-state index contributed by atoms with van der Waals surface area (Å²) in [5.41, 5.74) is 1.52. The Morgan fingerprint density at radius 3 is 2.44 bits per heavy atom. The summed E-state index contributed by atoms with van der Waals surface area (Å²) in [6.45, 7) is 0. The number of hydrogen-bond acceptors (Lipinski definition) is 1. The fourth-order valence-corrected chi connectivity index (χ4v) is 2.64. The average Bonchev–Trinajstić information content (AvgIpc) is 2.32. The highest BCUT2D eigenvalue weighted by atomic mass is 127. The van der Waals surface area contributed by atoms with E-state index < -0.39 is 0 Å². The third kappa shape index (κ3) is 3.38. The van der Waals surface area contributed by atoms with E-state index in [0.717, 1.165) is 10.0 Å². The SMILES string of the molecule is O=C(Cc1ccc(Br)cc1)c1ccc(F)cc1I. The fourth-order valence-electron chi connectivity index (χ4n) is 1.60. The first-order chi connectivity index (χ1) is 8.56. The molecule has 92 valence electrons. The molecule has 0 radical (unpaired) electrons. The van der Waals surface area contributed by atoms with E-state index in [1.807, 2.05) is 46.9 Å². The Balaban J connectivity index is 2.19. The smallest absolute Gasteiger partial charge is 0.168 e. The number of ketones is 1. The summed E-state index contributed by atoms with van der Waals surface area (Å²) in [5, 5.41) is 0. The molecule has 2 aromatic carbocycles. The largest absolute Gasteiger partial charge is 0.294 e. The fraction of sp³-hybridized carbons (Fsp3) is 0.0714. The summed E-state index contributed by atoms with van der Waals surface area (Å²) < 4.78 is 14.6. The standard InChI is InChI=1S/C14H9BrFIO/c15-10-3-1-9(2-4-10)7-14(18)12-6-5-11(16)8-13(12)17/h1-6,8H,7H2. The summed E-state index contributed by atoms with van der Waals surface area (Å²) >= 11 is 5.33. The van der Waals surface area contributed by atoms with E-state index in [1.165, 1.54) is 18.2 Å². The zero-order chi connectivity index (χ0) is 13.1. The molecule has 0 unspecified atom stereocenters. The van der Waals surface area contributed by atoms with Gasteiger partial charge in [0.1, 0.15) is 5.82 Å². The quantitative estimate of drug-likeness (QED) is 0.525. The second-order valence-corrected chi connectivity index (χ2v) is 5.93. The van der Waals surface area contributed by atoms with Gasteiger partial charge in [-0.05, 0) is 58.5 Å². The molecule has 0 bridgehead atoms. The molecule has 0 aromatic heterocycles. The lowest BCUT2D eigenvalue weighted by atomic mass is 10.0. The third-order valence-electron chi connectivity index (χ3n) is 2.51. The van der Waals surface area contributed by atoms with Gasteiger partial charge in [-0.2, -0.15) is 0 Å². The molecule has 18 heavy (non-hydrogen) atoms. The second-order valence-electron chi connectivity index (χ2n) is 3.85. The first-order valence-corrected chi connectivity index (χ1v) is 7.16. The summed E-state index contributed by atoms with van der Waals surface area (Å²) in [4.78, 5) is 12.1. The van der Waals surface area contributed by atoms with Gasteiger partial charge in [-0.3, -0.25) is 4.79 Å². The molecule has 0 fully saturated rings. The molecule has 2 rings (SSSR count). The number of Topliss-reactive ketones (excluding diaryl/α,β-unsaturated/α-hetero) is 1. The first kappa shape index (κ1) is 13.7. The third-order valence-corrected chi connectivity index (χ3v) is 3.93. The number of hydrogen-bond donors (Lipinski definition) is 0. The van der Waals surface area contributed by atoms with Crippen molar-refractivity contribution < 1.29 is 9.18 Å². The lowest BCUT2D eigenvalue weighted by Crippen LogP contribution is -2.05. The Kier molecular flexibility index (Phi) is 4.50. The van der Waals surface area contributed by atoms with Crippen LogP contribution in [0.4, 0.5) is 4.39 Å². The van der Waals surface area contributed by atoms with Crippen LogP contribution in [0.5, 0.6) is 0 Å². The Labute approximate surface area is 127 Å². The van der Waals surface area contributed by atoms with Gasteiger partial charge < -0.3 is 0 Å². The van der Waals surface area contributed by atoms with E-state index >= 15 is 0 Å². The molecule has 0 aliphatic rings. The molecule has 0 saturated carbocycles. The lowest BCUT2D eigenvalue weighted by Gasteiger charge is -2.04. The van der Waals surface area contributed by atoms with E-state index in [9.17, 15) is 9.18 Å². The van der Waals surface area contributed by atoms with Crippen molar-refractivity contribution in [3.05, 3.63) is 67.5 Å². The minimum Gasteiger partial charge on any atom is -0.294 e. The van der Waals surface area contributed by atoms with Crippen molar-refractivity contribution in [2.45, 2.75) is 6.42 Å². The topological polar surface area (TPSA) is 17.1 Å². The van der Waals surface area contributed by atoms with Crippen molar-refractivity contribution in [2.75, 3.05) is 0 Å². The predicted octanol–water partition coefficient (Wildman–Crippen LogP) is 4.62. The molecular formula is C14H9BrFIO. The summed E-state index contributed by atoms with van der Waals surface area (Å²) in [7, 11) is 0. The van der Waals surface area contributed by atoms with Gasteiger partial charge in [0.25, 0.3) is 0 Å². The van der Waals surface area contributed by atoms with Crippen LogP contribution < -0.4 is 0 Å². The molecule has 0 aliphatic carbocycles. The van der Waals surface area contributed by atoms with Crippen LogP contribution in [-0.4, -0.2) is 5.78 Å². The van der Waals surface area contributed by atoms with Gasteiger partial charge in [0.15, 0.2) is 5.78 Å². The van der Waals surface area contributed by atoms with Crippen LogP contribution in [0, 0.1) is 9.39 Å². The van der Waals surface area contributed by atoms with Crippen molar-refractivity contribution >= 4 is 44.3 Å². The van der Waals surface area contributed by atoms with Gasteiger partial charge in [-0.15, -0.1) is 0 Å². The molecule has 1 nitrogen and oxygen atoms in total. The molecule has 0 atom stereocenters. The van der Waals surface area contributed by atoms with Crippen molar-refractivity contribution in [1.82, 2.24) is 0 Å². The highest BCUT2D eigenvalue weighted by Gasteiger charge is 2.11. The van der Waals surface area contributed by atoms with Crippen LogP contribution in [0.1, 0.15) is 15.9 Å². The zero-order valence-electron chi connectivity index (χ0n) is 9.29. The van der Waals surface area contributed by atoms with Crippen LogP contribution in [-0.2, 0) is 6.42 Å². The van der Waals surface area contributed by atoms with E-state index in [4.69, 9.17) is 0 Å². The van der Waals surface area contributed by atoms with E-state index in [2.05, 4.69) is 15.9 Å². The monoisotopic (exact) mass is 418 g/mol. The van der Waals surface area contributed by atoms with Crippen molar-refractivity contribution in [3.8, 4) is 0 Å². The average molecular weight is 419 g/mol. The predicted molar refractivity (Wildman–Crippen MR) is 81.3 cm³/mol. The van der Waals surface area contributed by atoms with Gasteiger partial charge in [-0.1, -0.05) is 28.1 Å². The van der Waals surface area contributed by atoms with Crippen LogP contribution in [0.15, 0.2) is 46.9 Å². The Hall–Kier alpha value is -0.750. The Bertz CT molecular complexity index is 581. The van der Waals surface area contributed by atoms with Crippen LogP contribution in [0.2, 0.25) is 0 Å². The summed E-state index contributed by atoms with van der Waals surface area (Å²) in [6, 6.07) is 11.8. The lowest BCUT2D eigenvalue weighted by molar-refractivity contribution is 0.0992. The first-order valence-electron chi connectivity index (χ1n) is 5.29. The van der Waals surface area contributed by atoms with Gasteiger partial charge >= 0.3 is 0 Å². The van der Waals surface area contributed by atoms with Crippen molar-refractivity contribution in [3.63, 3.8) is 0 Å². The molecule has 0 spiro atoms. The minimum absolute atomic E-state index is 0.00159. The number of carbonyl (C=O) groups excluding carboxylic acids is 1.